The Hall–Kier alpha value is -0.160. The van der Waals surface area contributed by atoms with Gasteiger partial charge in [0.05, 0.1) is 6.10 Å². The van der Waals surface area contributed by atoms with E-state index >= 15 is 0 Å². The molecule has 0 aromatic rings. The molecular weight excluding hydrogens is 170 g/mol. The topological polar surface area (TPSA) is 52.9 Å². The Labute approximate surface area is 79.0 Å². The summed E-state index contributed by atoms with van der Waals surface area (Å²) in [6.45, 7) is 7.75. The molecule has 1 fully saturated rings. The second-order valence-electron chi connectivity index (χ2n) is 5.06. The van der Waals surface area contributed by atoms with Gasteiger partial charge in [0, 0.05) is 11.1 Å². The number of hydroxylamine groups is 2. The molecule has 2 N–H and O–H groups in total. The average Bonchev–Trinajstić information content (AvgIpc) is 1.79. The molecule has 4 nitrogen and oxygen atoms in total. The average molecular weight is 189 g/mol. The molecule has 0 amide bonds. The molecule has 1 rings (SSSR count). The zero-order valence-electron chi connectivity index (χ0n) is 8.74. The highest BCUT2D eigenvalue weighted by atomic mass is 17.2. The van der Waals surface area contributed by atoms with E-state index in [9.17, 15) is 5.11 Å². The number of nitrogens with zero attached hydrogens (tertiary/aromatic N) is 1. The van der Waals surface area contributed by atoms with Gasteiger partial charge in [-0.3, -0.25) is 0 Å². The molecule has 1 aliphatic heterocycles. The van der Waals surface area contributed by atoms with E-state index in [-0.39, 0.29) is 17.2 Å². The molecule has 0 spiro atoms. The molecule has 0 bridgehead atoms. The molecule has 1 saturated heterocycles. The first kappa shape index (κ1) is 10.9. The third-order valence-corrected chi connectivity index (χ3v) is 2.65. The number of piperidine rings is 1. The summed E-state index contributed by atoms with van der Waals surface area (Å²) in [6.07, 6.45) is 0.893. The van der Waals surface area contributed by atoms with Crippen LogP contribution in [-0.2, 0) is 4.99 Å². The van der Waals surface area contributed by atoms with Crippen LogP contribution >= 0.6 is 0 Å². The Balaban J connectivity index is 2.88. The maximum absolute atomic E-state index is 9.63. The fourth-order valence-electron chi connectivity index (χ4n) is 2.43. The lowest BCUT2D eigenvalue weighted by Crippen LogP contribution is -2.61. The van der Waals surface area contributed by atoms with E-state index in [1.807, 2.05) is 27.7 Å². The van der Waals surface area contributed by atoms with Crippen molar-refractivity contribution >= 4 is 0 Å². The quantitative estimate of drug-likeness (QED) is 0.483. The van der Waals surface area contributed by atoms with Crippen LogP contribution in [0.15, 0.2) is 0 Å². The molecule has 0 aliphatic carbocycles. The monoisotopic (exact) mass is 189 g/mol. The summed E-state index contributed by atoms with van der Waals surface area (Å²) >= 11 is 0. The summed E-state index contributed by atoms with van der Waals surface area (Å²) in [6, 6.07) is 0. The summed E-state index contributed by atoms with van der Waals surface area (Å²) in [5.74, 6) is 0. The van der Waals surface area contributed by atoms with E-state index in [0.29, 0.717) is 12.8 Å². The second kappa shape index (κ2) is 3.20. The van der Waals surface area contributed by atoms with Crippen molar-refractivity contribution in [2.75, 3.05) is 0 Å². The van der Waals surface area contributed by atoms with Crippen LogP contribution in [0, 0.1) is 0 Å². The highest BCUT2D eigenvalue weighted by Crippen LogP contribution is 2.37. The summed E-state index contributed by atoms with van der Waals surface area (Å²) in [5.41, 5.74) is -0.675. The van der Waals surface area contributed by atoms with Gasteiger partial charge in [0.1, 0.15) is 0 Å². The zero-order chi connectivity index (χ0) is 10.3. The maximum Gasteiger partial charge on any atom is 0.0576 e. The van der Waals surface area contributed by atoms with Gasteiger partial charge in [0.15, 0.2) is 0 Å². The third-order valence-electron chi connectivity index (χ3n) is 2.65. The van der Waals surface area contributed by atoms with Crippen LogP contribution in [0.2, 0.25) is 0 Å². The lowest BCUT2D eigenvalue weighted by Gasteiger charge is -2.50. The lowest BCUT2D eigenvalue weighted by molar-refractivity contribution is -0.455. The van der Waals surface area contributed by atoms with Crippen LogP contribution in [0.25, 0.3) is 0 Å². The van der Waals surface area contributed by atoms with Crippen LogP contribution in [0.4, 0.5) is 0 Å². The first-order valence-electron chi connectivity index (χ1n) is 4.59. The predicted molar refractivity (Wildman–Crippen MR) is 49.0 cm³/mol. The van der Waals surface area contributed by atoms with Crippen molar-refractivity contribution in [3.05, 3.63) is 0 Å². The van der Waals surface area contributed by atoms with Crippen LogP contribution in [0.1, 0.15) is 40.5 Å². The largest absolute Gasteiger partial charge is 0.393 e. The predicted octanol–water partition coefficient (Wildman–Crippen LogP) is 1.40. The fourth-order valence-corrected chi connectivity index (χ4v) is 2.43. The van der Waals surface area contributed by atoms with Crippen LogP contribution in [0.5, 0.6) is 0 Å². The van der Waals surface area contributed by atoms with E-state index < -0.39 is 0 Å². The standard InChI is InChI=1S/C9H19NO3/c1-8(2)5-7(11)6-9(3,4)10(8)13-12/h7,11-12H,5-6H2,1-4H3. The van der Waals surface area contributed by atoms with Gasteiger partial charge in [-0.2, -0.15) is 0 Å². The van der Waals surface area contributed by atoms with Gasteiger partial charge in [-0.05, 0) is 40.5 Å². The van der Waals surface area contributed by atoms with Crippen molar-refractivity contribution in [2.24, 2.45) is 0 Å². The molecule has 4 heteroatoms. The molecule has 0 aromatic heterocycles. The van der Waals surface area contributed by atoms with E-state index in [1.54, 1.807) is 5.06 Å². The minimum atomic E-state index is -0.337. The Morgan fingerprint density at radius 1 is 1.15 bits per heavy atom. The SMILES string of the molecule is CC1(C)CC(O)CC(C)(C)N1OO. The number of rotatable bonds is 1. The Morgan fingerprint density at radius 2 is 1.54 bits per heavy atom. The summed E-state index contributed by atoms with van der Waals surface area (Å²) in [7, 11) is 0. The molecule has 0 radical (unpaired) electrons. The molecule has 13 heavy (non-hydrogen) atoms. The summed E-state index contributed by atoms with van der Waals surface area (Å²) < 4.78 is 0. The van der Waals surface area contributed by atoms with Crippen molar-refractivity contribution in [1.82, 2.24) is 5.06 Å². The smallest absolute Gasteiger partial charge is 0.0576 e. The number of aliphatic hydroxyl groups is 1. The minimum absolute atomic E-state index is 0.323. The van der Waals surface area contributed by atoms with Gasteiger partial charge in [0.25, 0.3) is 0 Å². The van der Waals surface area contributed by atoms with Gasteiger partial charge in [-0.25, -0.2) is 5.26 Å². The second-order valence-corrected chi connectivity index (χ2v) is 5.06. The van der Waals surface area contributed by atoms with Crippen molar-refractivity contribution in [3.63, 3.8) is 0 Å². The Morgan fingerprint density at radius 3 is 1.85 bits per heavy atom. The van der Waals surface area contributed by atoms with Gasteiger partial charge < -0.3 is 5.11 Å². The normalized spacial score (nSPS) is 29.1. The van der Waals surface area contributed by atoms with Gasteiger partial charge in [0.2, 0.25) is 0 Å². The lowest BCUT2D eigenvalue weighted by atomic mass is 9.80. The van der Waals surface area contributed by atoms with E-state index in [2.05, 4.69) is 4.99 Å². The molecule has 0 atom stereocenters. The van der Waals surface area contributed by atoms with Gasteiger partial charge in [-0.1, -0.05) is 0 Å². The molecular formula is C9H19NO3. The van der Waals surface area contributed by atoms with Crippen LogP contribution in [-0.4, -0.2) is 32.6 Å². The van der Waals surface area contributed by atoms with E-state index in [1.165, 1.54) is 0 Å². The Kier molecular flexibility index (Phi) is 2.69. The van der Waals surface area contributed by atoms with Gasteiger partial charge in [-0.15, -0.1) is 10.1 Å². The molecule has 78 valence electrons. The number of aliphatic hydroxyl groups excluding tert-OH is 1. The van der Waals surface area contributed by atoms with Crippen molar-refractivity contribution in [1.29, 1.82) is 0 Å². The molecule has 1 heterocycles. The van der Waals surface area contributed by atoms with Crippen molar-refractivity contribution in [2.45, 2.75) is 57.7 Å². The minimum Gasteiger partial charge on any atom is -0.393 e. The summed E-state index contributed by atoms with van der Waals surface area (Å²) in [4.78, 5) is 4.39. The van der Waals surface area contributed by atoms with Gasteiger partial charge >= 0.3 is 0 Å². The number of hydrogen-bond donors (Lipinski definition) is 2. The first-order valence-corrected chi connectivity index (χ1v) is 4.59. The Bertz CT molecular complexity index is 173. The van der Waals surface area contributed by atoms with Crippen LogP contribution < -0.4 is 0 Å². The molecule has 0 aromatic carbocycles. The zero-order valence-corrected chi connectivity index (χ0v) is 8.74. The van der Waals surface area contributed by atoms with Crippen molar-refractivity contribution < 1.29 is 15.4 Å². The fraction of sp³-hybridized carbons (Fsp3) is 1.00. The molecule has 1 aliphatic rings. The number of hydrogen-bond acceptors (Lipinski definition) is 4. The third kappa shape index (κ3) is 2.02. The molecule has 0 unspecified atom stereocenters. The highest BCUT2D eigenvalue weighted by molar-refractivity contribution is 4.96. The summed E-state index contributed by atoms with van der Waals surface area (Å²) in [5, 5.41) is 20.0. The molecule has 0 saturated carbocycles. The van der Waals surface area contributed by atoms with Crippen LogP contribution in [0.3, 0.4) is 0 Å². The highest BCUT2D eigenvalue weighted by Gasteiger charge is 2.46. The maximum atomic E-state index is 9.63. The van der Waals surface area contributed by atoms with E-state index in [0.717, 1.165) is 0 Å². The van der Waals surface area contributed by atoms with Crippen molar-refractivity contribution in [3.8, 4) is 0 Å². The van der Waals surface area contributed by atoms with E-state index in [4.69, 9.17) is 5.26 Å². The first-order chi connectivity index (χ1) is 5.79.